The van der Waals surface area contributed by atoms with Crippen molar-refractivity contribution in [2.45, 2.75) is 25.9 Å². The first-order chi connectivity index (χ1) is 18.3. The Morgan fingerprint density at radius 3 is 2.74 bits per heavy atom. The Labute approximate surface area is 217 Å². The van der Waals surface area contributed by atoms with Crippen LogP contribution < -0.4 is 20.7 Å². The monoisotopic (exact) mass is 524 g/mol. The first kappa shape index (κ1) is 25.5. The number of pyridine rings is 1. The lowest BCUT2D eigenvalue weighted by Crippen LogP contribution is -2.46. The van der Waals surface area contributed by atoms with Gasteiger partial charge in [0.05, 0.1) is 18.9 Å². The van der Waals surface area contributed by atoms with Gasteiger partial charge in [-0.05, 0) is 30.5 Å². The Bertz CT molecular complexity index is 1430. The number of ether oxygens (including phenoxy) is 1. The van der Waals surface area contributed by atoms with Gasteiger partial charge in [0.2, 0.25) is 0 Å². The summed E-state index contributed by atoms with van der Waals surface area (Å²) in [6.45, 7) is 0.751. The summed E-state index contributed by atoms with van der Waals surface area (Å²) in [5.41, 5.74) is 8.38. The second-order valence-electron chi connectivity index (χ2n) is 9.16. The van der Waals surface area contributed by atoms with Gasteiger partial charge in [-0.25, -0.2) is 24.0 Å². The van der Waals surface area contributed by atoms with E-state index in [1.165, 1.54) is 31.8 Å². The van der Waals surface area contributed by atoms with E-state index in [1.807, 2.05) is 6.07 Å². The fraction of sp³-hybridized carbons (Fsp3) is 0.308. The fourth-order valence-corrected chi connectivity index (χ4v) is 4.53. The van der Waals surface area contributed by atoms with Crippen LogP contribution in [-0.4, -0.2) is 51.0 Å². The van der Waals surface area contributed by atoms with Gasteiger partial charge in [-0.15, -0.1) is 0 Å². The molecule has 9 nitrogen and oxygen atoms in total. The summed E-state index contributed by atoms with van der Waals surface area (Å²) in [5.74, 6) is 1.07. The van der Waals surface area contributed by atoms with Crippen molar-refractivity contribution < 1.29 is 17.9 Å². The van der Waals surface area contributed by atoms with Crippen molar-refractivity contribution in [3.63, 3.8) is 0 Å². The van der Waals surface area contributed by atoms with Crippen LogP contribution in [-0.2, 0) is 0 Å². The molecule has 5 rings (SSSR count). The number of benzene rings is 1. The van der Waals surface area contributed by atoms with Crippen molar-refractivity contribution in [1.29, 1.82) is 0 Å². The summed E-state index contributed by atoms with van der Waals surface area (Å²) in [5, 5.41) is 6.94. The number of piperidine rings is 1. The van der Waals surface area contributed by atoms with Crippen LogP contribution in [0.3, 0.4) is 0 Å². The second-order valence-corrected chi connectivity index (χ2v) is 9.16. The maximum atomic E-state index is 14.6. The maximum Gasteiger partial charge on any atom is 0.333 e. The highest BCUT2D eigenvalue weighted by Crippen LogP contribution is 2.36. The first-order valence-corrected chi connectivity index (χ1v) is 12.1. The molecule has 2 atom stereocenters. The molecule has 1 aliphatic heterocycles. The van der Waals surface area contributed by atoms with E-state index in [0.717, 1.165) is 12.1 Å². The molecule has 1 aliphatic rings. The molecule has 0 radical (unpaired) electrons. The van der Waals surface area contributed by atoms with Gasteiger partial charge in [0.15, 0.2) is 5.82 Å². The molecule has 38 heavy (non-hydrogen) atoms. The number of halogens is 3. The lowest BCUT2D eigenvalue weighted by atomic mass is 9.93. The van der Waals surface area contributed by atoms with Crippen LogP contribution >= 0.6 is 0 Å². The van der Waals surface area contributed by atoms with Gasteiger partial charge in [-0.2, -0.15) is 13.9 Å². The summed E-state index contributed by atoms with van der Waals surface area (Å²) in [7, 11) is 1.45. The minimum atomic E-state index is -2.74. The number of rotatable bonds is 7. The van der Waals surface area contributed by atoms with Crippen molar-refractivity contribution in [1.82, 2.24) is 24.7 Å². The van der Waals surface area contributed by atoms with E-state index in [0.29, 0.717) is 46.3 Å². The van der Waals surface area contributed by atoms with Crippen LogP contribution in [0.15, 0.2) is 55.1 Å². The number of nitrogens with zero attached hydrogens (tertiary/aromatic N) is 6. The van der Waals surface area contributed by atoms with E-state index < -0.39 is 12.4 Å². The van der Waals surface area contributed by atoms with Crippen molar-refractivity contribution in [3.05, 3.63) is 60.9 Å². The Hall–Kier alpha value is -4.19. The van der Waals surface area contributed by atoms with Gasteiger partial charge in [-0.3, -0.25) is 0 Å². The molecule has 1 fully saturated rings. The van der Waals surface area contributed by atoms with Crippen LogP contribution in [0.4, 0.5) is 30.5 Å². The number of anilines is 3. The van der Waals surface area contributed by atoms with E-state index in [4.69, 9.17) is 10.5 Å². The largest absolute Gasteiger partial charge is 0.496 e. The highest BCUT2D eigenvalue weighted by atomic mass is 19.3. The smallest absolute Gasteiger partial charge is 0.333 e. The zero-order chi connectivity index (χ0) is 26.8. The van der Waals surface area contributed by atoms with E-state index in [1.54, 1.807) is 24.4 Å². The maximum absolute atomic E-state index is 14.6. The Balaban J connectivity index is 1.50. The predicted molar refractivity (Wildman–Crippen MR) is 138 cm³/mol. The Morgan fingerprint density at radius 2 is 2.00 bits per heavy atom. The second kappa shape index (κ2) is 10.7. The predicted octanol–water partition coefficient (Wildman–Crippen LogP) is 4.86. The van der Waals surface area contributed by atoms with Gasteiger partial charge in [0, 0.05) is 60.6 Å². The molecule has 12 heteroatoms. The molecule has 1 aromatic carbocycles. The normalized spacial score (nSPS) is 17.6. The Kier molecular flexibility index (Phi) is 7.14. The quantitative estimate of drug-likeness (QED) is 0.353. The lowest BCUT2D eigenvalue weighted by molar-refractivity contribution is 0.0566. The van der Waals surface area contributed by atoms with Gasteiger partial charge >= 0.3 is 6.55 Å². The molecular weight excluding hydrogens is 497 g/mol. The van der Waals surface area contributed by atoms with E-state index in [9.17, 15) is 13.2 Å². The van der Waals surface area contributed by atoms with Gasteiger partial charge in [-0.1, -0.05) is 13.0 Å². The van der Waals surface area contributed by atoms with E-state index in [-0.39, 0.29) is 23.3 Å². The van der Waals surface area contributed by atoms with Crippen molar-refractivity contribution in [2.24, 2.45) is 11.7 Å². The van der Waals surface area contributed by atoms with Crippen LogP contribution in [0.2, 0.25) is 0 Å². The highest BCUT2D eigenvalue weighted by molar-refractivity contribution is 5.80. The molecule has 0 amide bonds. The minimum Gasteiger partial charge on any atom is -0.496 e. The average molecular weight is 525 g/mol. The topological polar surface area (TPSA) is 107 Å². The molecule has 0 aliphatic carbocycles. The average Bonchev–Trinajstić information content (AvgIpc) is 3.41. The molecule has 4 heterocycles. The fourth-order valence-electron chi connectivity index (χ4n) is 4.53. The van der Waals surface area contributed by atoms with Crippen LogP contribution in [0.5, 0.6) is 5.75 Å². The summed E-state index contributed by atoms with van der Waals surface area (Å²) >= 11 is 0. The third kappa shape index (κ3) is 5.12. The summed E-state index contributed by atoms with van der Waals surface area (Å²) in [6.07, 6.45) is 6.62. The number of nitrogens with one attached hydrogen (secondary N) is 1. The highest BCUT2D eigenvalue weighted by Gasteiger charge is 2.26. The van der Waals surface area contributed by atoms with E-state index in [2.05, 4.69) is 37.2 Å². The summed E-state index contributed by atoms with van der Waals surface area (Å²) in [6, 6.07) is 8.06. The third-order valence-electron chi connectivity index (χ3n) is 6.64. The summed E-state index contributed by atoms with van der Waals surface area (Å²) in [4.78, 5) is 15.4. The van der Waals surface area contributed by atoms with Crippen LogP contribution in [0, 0.1) is 11.7 Å². The van der Waals surface area contributed by atoms with Gasteiger partial charge < -0.3 is 20.7 Å². The Morgan fingerprint density at radius 1 is 1.16 bits per heavy atom. The SMILES string of the molecule is COc1cccc(F)c1-c1nccc(Nc2cc(N3CC[C@@H](N)[C@H](C)C3)c(-c3cnn(C(F)F)c3)cn2)n1. The summed E-state index contributed by atoms with van der Waals surface area (Å²) < 4.78 is 46.9. The van der Waals surface area contributed by atoms with Crippen LogP contribution in [0.25, 0.3) is 22.5 Å². The van der Waals surface area contributed by atoms with Crippen molar-refractivity contribution in [2.75, 3.05) is 30.4 Å². The number of methoxy groups -OCH3 is 1. The number of alkyl halides is 2. The van der Waals surface area contributed by atoms with Crippen molar-refractivity contribution >= 4 is 17.3 Å². The minimum absolute atomic E-state index is 0.0885. The van der Waals surface area contributed by atoms with Crippen molar-refractivity contribution in [3.8, 4) is 28.3 Å². The zero-order valence-electron chi connectivity index (χ0n) is 20.9. The zero-order valence-corrected chi connectivity index (χ0v) is 20.9. The van der Waals surface area contributed by atoms with Gasteiger partial charge in [0.1, 0.15) is 23.2 Å². The van der Waals surface area contributed by atoms with E-state index >= 15 is 0 Å². The number of nitrogens with two attached hydrogens (primary N) is 1. The molecule has 198 valence electrons. The lowest BCUT2D eigenvalue weighted by Gasteiger charge is -2.37. The number of hydrogen-bond donors (Lipinski definition) is 2. The molecule has 1 saturated heterocycles. The van der Waals surface area contributed by atoms with Gasteiger partial charge in [0.25, 0.3) is 0 Å². The first-order valence-electron chi connectivity index (χ1n) is 12.1. The van der Waals surface area contributed by atoms with Crippen LogP contribution in [0.1, 0.15) is 19.9 Å². The number of hydrogen-bond acceptors (Lipinski definition) is 8. The number of aromatic nitrogens is 5. The molecule has 3 aromatic heterocycles. The molecule has 0 bridgehead atoms. The molecule has 0 spiro atoms. The molecule has 0 unspecified atom stereocenters. The molecular formula is C26H27F3N8O. The third-order valence-corrected chi connectivity index (χ3v) is 6.64. The molecule has 0 saturated carbocycles. The molecule has 3 N–H and O–H groups in total. The molecule has 4 aromatic rings. The standard InChI is InChI=1S/C26H27F3N8O/c1-15-13-36(9-7-19(15)30)20-10-23(32-12-17(20)16-11-33-37(14-16)26(28)29)34-22-6-8-31-25(35-22)24-18(27)4-3-5-21(24)38-2/h3-6,8,10-12,14-15,19,26H,7,9,13,30H2,1-2H3,(H,31,32,34,35)/t15-,19-/m1/s1.